The summed E-state index contributed by atoms with van der Waals surface area (Å²) in [6.07, 6.45) is -4.64. The van der Waals surface area contributed by atoms with Crippen molar-refractivity contribution in [2.24, 2.45) is 0 Å². The Hall–Kier alpha value is -2.71. The highest BCUT2D eigenvalue weighted by Gasteiger charge is 2.44. The number of ketones is 1. The topological polar surface area (TPSA) is 79.7 Å². The lowest BCUT2D eigenvalue weighted by atomic mass is 10.3. The standard InChI is InChI=1S/C12H8F2N2O5/c1-5(17)10-15-6-3-8-9(21-12(13,14)20-8)4-7(6)16(10)11(18)19-2/h3-4H,1-2H3. The van der Waals surface area contributed by atoms with Gasteiger partial charge in [-0.25, -0.2) is 14.3 Å². The minimum absolute atomic E-state index is 0.104. The molecule has 21 heavy (non-hydrogen) atoms. The second kappa shape index (κ2) is 4.14. The number of aromatic nitrogens is 2. The first kappa shape index (κ1) is 13.3. The van der Waals surface area contributed by atoms with Gasteiger partial charge < -0.3 is 14.2 Å². The van der Waals surface area contributed by atoms with Gasteiger partial charge in [-0.15, -0.1) is 8.78 Å². The summed E-state index contributed by atoms with van der Waals surface area (Å²) in [5.41, 5.74) is 0.234. The molecular weight excluding hydrogens is 290 g/mol. The second-order valence-electron chi connectivity index (χ2n) is 4.25. The number of ether oxygens (including phenoxy) is 3. The maximum Gasteiger partial charge on any atom is 0.586 e. The fourth-order valence-electron chi connectivity index (χ4n) is 2.03. The molecule has 0 unspecified atom stereocenters. The molecule has 0 saturated carbocycles. The predicted molar refractivity (Wildman–Crippen MR) is 63.7 cm³/mol. The molecule has 0 atom stereocenters. The Labute approximate surface area is 116 Å². The molecule has 0 radical (unpaired) electrons. The Balaban J connectivity index is 2.26. The number of fused-ring (bicyclic) bond motifs is 2. The first-order chi connectivity index (χ1) is 9.82. The highest BCUT2D eigenvalue weighted by molar-refractivity contribution is 6.00. The summed E-state index contributed by atoms with van der Waals surface area (Å²) >= 11 is 0. The van der Waals surface area contributed by atoms with Crippen LogP contribution in [0.3, 0.4) is 0 Å². The van der Waals surface area contributed by atoms with Crippen molar-refractivity contribution in [1.82, 2.24) is 9.55 Å². The molecule has 0 amide bonds. The number of imidazole rings is 1. The summed E-state index contributed by atoms with van der Waals surface area (Å²) in [5, 5.41) is 0. The number of carbonyl (C=O) groups is 2. The molecule has 1 aromatic heterocycles. The first-order valence-electron chi connectivity index (χ1n) is 5.74. The van der Waals surface area contributed by atoms with E-state index in [1.165, 1.54) is 6.92 Å². The first-order valence-corrected chi connectivity index (χ1v) is 5.74. The normalized spacial score (nSPS) is 15.2. The number of Topliss-reactive ketones (excluding diaryl/α,β-unsaturated/α-hetero) is 1. The monoisotopic (exact) mass is 298 g/mol. The molecule has 1 aromatic carbocycles. The third-order valence-electron chi connectivity index (χ3n) is 2.85. The molecule has 0 N–H and O–H groups in total. The zero-order valence-electron chi connectivity index (χ0n) is 10.8. The molecule has 7 nitrogen and oxygen atoms in total. The number of methoxy groups -OCH3 is 1. The third kappa shape index (κ3) is 1.97. The van der Waals surface area contributed by atoms with Gasteiger partial charge in [-0.1, -0.05) is 0 Å². The van der Waals surface area contributed by atoms with Crippen LogP contribution in [0.2, 0.25) is 0 Å². The fourth-order valence-corrected chi connectivity index (χ4v) is 2.03. The molecule has 9 heteroatoms. The number of alkyl halides is 2. The molecule has 0 bridgehead atoms. The zero-order chi connectivity index (χ0) is 15.4. The van der Waals surface area contributed by atoms with Gasteiger partial charge in [0, 0.05) is 19.1 Å². The summed E-state index contributed by atoms with van der Waals surface area (Å²) in [6.45, 7) is 1.22. The van der Waals surface area contributed by atoms with E-state index in [1.54, 1.807) is 0 Å². The van der Waals surface area contributed by atoms with E-state index in [-0.39, 0.29) is 28.4 Å². The van der Waals surface area contributed by atoms with E-state index in [2.05, 4.69) is 19.2 Å². The van der Waals surface area contributed by atoms with Crippen molar-refractivity contribution in [1.29, 1.82) is 0 Å². The van der Waals surface area contributed by atoms with E-state index in [9.17, 15) is 18.4 Å². The van der Waals surface area contributed by atoms with Crippen LogP contribution in [0, 0.1) is 0 Å². The van der Waals surface area contributed by atoms with E-state index < -0.39 is 18.2 Å². The zero-order valence-corrected chi connectivity index (χ0v) is 10.8. The van der Waals surface area contributed by atoms with E-state index in [4.69, 9.17) is 0 Å². The van der Waals surface area contributed by atoms with E-state index in [1.807, 2.05) is 0 Å². The SMILES string of the molecule is COC(=O)n1c(C(C)=O)nc2cc3c(cc21)OC(F)(F)O3. The summed E-state index contributed by atoms with van der Waals surface area (Å²) < 4.78 is 40.1. The molecular formula is C12H8F2N2O5. The van der Waals surface area contributed by atoms with Crippen molar-refractivity contribution in [3.05, 3.63) is 18.0 Å². The van der Waals surface area contributed by atoms with Crippen LogP contribution in [0.1, 0.15) is 17.5 Å². The summed E-state index contributed by atoms with van der Waals surface area (Å²) in [6, 6.07) is 2.30. The van der Waals surface area contributed by atoms with Gasteiger partial charge in [0.2, 0.25) is 0 Å². The summed E-state index contributed by atoms with van der Waals surface area (Å²) in [4.78, 5) is 27.2. The number of hydrogen-bond donors (Lipinski definition) is 0. The van der Waals surface area contributed by atoms with Crippen LogP contribution >= 0.6 is 0 Å². The number of nitrogens with zero attached hydrogens (tertiary/aromatic N) is 2. The van der Waals surface area contributed by atoms with Crippen molar-refractivity contribution in [2.45, 2.75) is 13.2 Å². The van der Waals surface area contributed by atoms with Gasteiger partial charge in [-0.3, -0.25) is 4.79 Å². The Morgan fingerprint density at radius 1 is 1.29 bits per heavy atom. The molecule has 3 rings (SSSR count). The average molecular weight is 298 g/mol. The molecule has 0 saturated heterocycles. The van der Waals surface area contributed by atoms with Crippen LogP contribution in [0.4, 0.5) is 13.6 Å². The highest BCUT2D eigenvalue weighted by atomic mass is 19.3. The minimum Gasteiger partial charge on any atom is -0.452 e. The maximum absolute atomic E-state index is 13.0. The van der Waals surface area contributed by atoms with Gasteiger partial charge in [0.1, 0.15) is 0 Å². The number of carbonyl (C=O) groups excluding carboxylic acids is 2. The second-order valence-corrected chi connectivity index (χ2v) is 4.25. The molecule has 1 aliphatic heterocycles. The largest absolute Gasteiger partial charge is 0.586 e. The van der Waals surface area contributed by atoms with Crippen LogP contribution in [-0.4, -0.2) is 34.8 Å². The minimum atomic E-state index is -3.78. The smallest absolute Gasteiger partial charge is 0.452 e. The Morgan fingerprint density at radius 3 is 2.48 bits per heavy atom. The summed E-state index contributed by atoms with van der Waals surface area (Å²) in [5.74, 6) is -1.14. The van der Waals surface area contributed by atoms with Crippen molar-refractivity contribution in [3.63, 3.8) is 0 Å². The Kier molecular flexibility index (Phi) is 2.62. The van der Waals surface area contributed by atoms with Gasteiger partial charge in [0.15, 0.2) is 23.1 Å². The molecule has 0 spiro atoms. The molecule has 0 aliphatic carbocycles. The number of rotatable bonds is 1. The van der Waals surface area contributed by atoms with Crippen LogP contribution in [0.15, 0.2) is 12.1 Å². The van der Waals surface area contributed by atoms with Crippen molar-refractivity contribution < 1.29 is 32.6 Å². The lowest BCUT2D eigenvalue weighted by Crippen LogP contribution is -2.25. The van der Waals surface area contributed by atoms with Gasteiger partial charge in [-0.05, 0) is 0 Å². The average Bonchev–Trinajstić information content (AvgIpc) is 2.89. The van der Waals surface area contributed by atoms with Gasteiger partial charge in [0.05, 0.1) is 18.1 Å². The van der Waals surface area contributed by atoms with Crippen LogP contribution < -0.4 is 9.47 Å². The molecule has 1 aliphatic rings. The van der Waals surface area contributed by atoms with Crippen LogP contribution in [-0.2, 0) is 4.74 Å². The van der Waals surface area contributed by atoms with Gasteiger partial charge >= 0.3 is 12.4 Å². The molecule has 2 aromatic rings. The van der Waals surface area contributed by atoms with E-state index in [0.29, 0.717) is 0 Å². The van der Waals surface area contributed by atoms with Crippen LogP contribution in [0.25, 0.3) is 11.0 Å². The molecule has 2 heterocycles. The quantitative estimate of drug-likeness (QED) is 0.751. The van der Waals surface area contributed by atoms with E-state index in [0.717, 1.165) is 23.8 Å². The Morgan fingerprint density at radius 2 is 1.90 bits per heavy atom. The molecule has 110 valence electrons. The predicted octanol–water partition coefficient (Wildman–Crippen LogP) is 2.17. The molecule has 0 fully saturated rings. The lowest BCUT2D eigenvalue weighted by Gasteiger charge is -2.05. The van der Waals surface area contributed by atoms with Crippen molar-refractivity contribution in [2.75, 3.05) is 7.11 Å². The Bertz CT molecular complexity index is 784. The lowest BCUT2D eigenvalue weighted by molar-refractivity contribution is -0.286. The number of halogens is 2. The van der Waals surface area contributed by atoms with Gasteiger partial charge in [0.25, 0.3) is 0 Å². The maximum atomic E-state index is 13.0. The van der Waals surface area contributed by atoms with Crippen molar-refractivity contribution >= 4 is 22.9 Å². The highest BCUT2D eigenvalue weighted by Crippen LogP contribution is 2.43. The van der Waals surface area contributed by atoms with Crippen molar-refractivity contribution in [3.8, 4) is 11.5 Å². The van der Waals surface area contributed by atoms with Gasteiger partial charge in [-0.2, -0.15) is 0 Å². The number of benzene rings is 1. The third-order valence-corrected chi connectivity index (χ3v) is 2.85. The summed E-state index contributed by atoms with van der Waals surface area (Å²) in [7, 11) is 1.12. The van der Waals surface area contributed by atoms with Crippen LogP contribution in [0.5, 0.6) is 11.5 Å². The number of hydrogen-bond acceptors (Lipinski definition) is 6. The van der Waals surface area contributed by atoms with E-state index >= 15 is 0 Å². The fraction of sp³-hybridized carbons (Fsp3) is 0.250.